The lowest BCUT2D eigenvalue weighted by Gasteiger charge is -2.03. The van der Waals surface area contributed by atoms with Gasteiger partial charge in [0.15, 0.2) is 0 Å². The van der Waals surface area contributed by atoms with Gasteiger partial charge in [-0.15, -0.1) is 0 Å². The Bertz CT molecular complexity index is 488. The molecule has 0 aliphatic carbocycles. The number of halogens is 1. The monoisotopic (exact) mass is 288 g/mol. The molecule has 2 rings (SSSR count). The van der Waals surface area contributed by atoms with Crippen LogP contribution in [0.1, 0.15) is 16.7 Å². The molecule has 0 N–H and O–H groups in total. The molecule has 0 fully saturated rings. The average molecular weight is 289 g/mol. The van der Waals surface area contributed by atoms with Gasteiger partial charge in [-0.25, -0.2) is 0 Å². The molecule has 0 spiro atoms. The third kappa shape index (κ3) is 3.82. The smallest absolute Gasteiger partial charge is 0.202 e. The first kappa shape index (κ1) is 12.1. The molecule has 0 saturated heterocycles. The Hall–Kier alpha value is -1.41. The second-order valence-electron chi connectivity index (χ2n) is 4.01. The van der Waals surface area contributed by atoms with Crippen LogP contribution < -0.4 is 0 Å². The molecular formula is C15H13BrO. The van der Waals surface area contributed by atoms with E-state index >= 15 is 0 Å². The Morgan fingerprint density at radius 3 is 1.94 bits per heavy atom. The highest BCUT2D eigenvalue weighted by atomic mass is 79.9. The van der Waals surface area contributed by atoms with Crippen LogP contribution in [-0.2, 0) is 17.6 Å². The largest absolute Gasteiger partial charge is 0.286 e. The normalized spacial score (nSPS) is 10.2. The van der Waals surface area contributed by atoms with Crippen molar-refractivity contribution in [1.82, 2.24) is 0 Å². The Kier molecular flexibility index (Phi) is 4.10. The topological polar surface area (TPSA) is 17.1 Å². The van der Waals surface area contributed by atoms with E-state index in [1.165, 1.54) is 11.1 Å². The van der Waals surface area contributed by atoms with E-state index in [1.54, 1.807) is 0 Å². The van der Waals surface area contributed by atoms with Crippen molar-refractivity contribution in [3.63, 3.8) is 0 Å². The molecule has 2 aromatic carbocycles. The summed E-state index contributed by atoms with van der Waals surface area (Å²) >= 11 is 2.94. The van der Waals surface area contributed by atoms with Crippen LogP contribution in [0.4, 0.5) is 0 Å². The minimum atomic E-state index is 0.0216. The maximum atomic E-state index is 10.9. The highest BCUT2D eigenvalue weighted by Gasteiger charge is 2.00. The van der Waals surface area contributed by atoms with Gasteiger partial charge in [0.2, 0.25) is 4.69 Å². The third-order valence-electron chi connectivity index (χ3n) is 2.62. The Balaban J connectivity index is 2.06. The second kappa shape index (κ2) is 5.78. The molecule has 0 radical (unpaired) electrons. The van der Waals surface area contributed by atoms with Gasteiger partial charge in [0.05, 0.1) is 0 Å². The highest BCUT2D eigenvalue weighted by molar-refractivity contribution is 9.18. The summed E-state index contributed by atoms with van der Waals surface area (Å²) in [6, 6.07) is 18.5. The molecule has 1 nitrogen and oxygen atoms in total. The SMILES string of the molecule is O=C(Br)Cc1ccc(Cc2ccccc2)cc1. The summed E-state index contributed by atoms with van der Waals surface area (Å²) in [5.41, 5.74) is 3.61. The van der Waals surface area contributed by atoms with Crippen LogP contribution in [0.3, 0.4) is 0 Å². The lowest BCUT2D eigenvalue weighted by atomic mass is 10.0. The standard InChI is InChI=1S/C15H13BrO/c16-15(17)11-14-8-6-13(7-9-14)10-12-4-2-1-3-5-12/h1-9H,10-11H2. The van der Waals surface area contributed by atoms with Crippen molar-refractivity contribution in [1.29, 1.82) is 0 Å². The molecule has 0 bridgehead atoms. The fourth-order valence-electron chi connectivity index (χ4n) is 1.77. The minimum Gasteiger partial charge on any atom is -0.286 e. The molecular weight excluding hydrogens is 276 g/mol. The number of carbonyl (C=O) groups is 1. The molecule has 0 heterocycles. The molecule has 17 heavy (non-hydrogen) atoms. The average Bonchev–Trinajstić information content (AvgIpc) is 2.32. The van der Waals surface area contributed by atoms with Crippen molar-refractivity contribution in [3.05, 3.63) is 71.3 Å². The van der Waals surface area contributed by atoms with Crippen molar-refractivity contribution in [2.75, 3.05) is 0 Å². The molecule has 2 heteroatoms. The van der Waals surface area contributed by atoms with Crippen LogP contribution in [0.2, 0.25) is 0 Å². The van der Waals surface area contributed by atoms with E-state index in [4.69, 9.17) is 0 Å². The lowest BCUT2D eigenvalue weighted by Crippen LogP contribution is -1.93. The van der Waals surface area contributed by atoms with E-state index < -0.39 is 0 Å². The molecule has 2 aromatic rings. The number of rotatable bonds is 4. The lowest BCUT2D eigenvalue weighted by molar-refractivity contribution is -0.109. The molecule has 86 valence electrons. The molecule has 0 aromatic heterocycles. The van der Waals surface area contributed by atoms with Crippen molar-refractivity contribution in [3.8, 4) is 0 Å². The molecule has 0 saturated carbocycles. The van der Waals surface area contributed by atoms with Crippen LogP contribution in [0.15, 0.2) is 54.6 Å². The van der Waals surface area contributed by atoms with Gasteiger partial charge < -0.3 is 0 Å². The van der Waals surface area contributed by atoms with Gasteiger partial charge in [0.1, 0.15) is 0 Å². The predicted molar refractivity (Wildman–Crippen MR) is 73.3 cm³/mol. The van der Waals surface area contributed by atoms with Crippen LogP contribution in [-0.4, -0.2) is 4.69 Å². The summed E-state index contributed by atoms with van der Waals surface area (Å²) in [4.78, 5) is 10.9. The van der Waals surface area contributed by atoms with Gasteiger partial charge in [-0.1, -0.05) is 54.6 Å². The summed E-state index contributed by atoms with van der Waals surface area (Å²) < 4.78 is 0.0216. The predicted octanol–water partition coefficient (Wildman–Crippen LogP) is 3.74. The molecule has 0 unspecified atom stereocenters. The highest BCUT2D eigenvalue weighted by Crippen LogP contribution is 2.11. The van der Waals surface area contributed by atoms with Crippen LogP contribution >= 0.6 is 15.9 Å². The summed E-state index contributed by atoms with van der Waals surface area (Å²) in [6.07, 6.45) is 1.38. The van der Waals surface area contributed by atoms with Gasteiger partial charge >= 0.3 is 0 Å². The van der Waals surface area contributed by atoms with E-state index in [1.807, 2.05) is 30.3 Å². The first-order valence-corrected chi connectivity index (χ1v) is 6.33. The third-order valence-corrected chi connectivity index (χ3v) is 2.90. The second-order valence-corrected chi connectivity index (χ2v) is 4.90. The van der Waals surface area contributed by atoms with Gasteiger partial charge in [0, 0.05) is 6.42 Å². The maximum Gasteiger partial charge on any atom is 0.202 e. The van der Waals surface area contributed by atoms with Gasteiger partial charge in [0.25, 0.3) is 0 Å². The van der Waals surface area contributed by atoms with Gasteiger partial charge in [-0.2, -0.15) is 0 Å². The Labute approximate surface area is 110 Å². The first-order chi connectivity index (χ1) is 8.24. The summed E-state index contributed by atoms with van der Waals surface area (Å²) in [7, 11) is 0. The quantitative estimate of drug-likeness (QED) is 0.784. The number of hydrogen-bond acceptors (Lipinski definition) is 1. The fourth-order valence-corrected chi connectivity index (χ4v) is 2.09. The number of carbonyl (C=O) groups excluding carboxylic acids is 1. The van der Waals surface area contributed by atoms with E-state index in [-0.39, 0.29) is 4.69 Å². The van der Waals surface area contributed by atoms with Crippen LogP contribution in [0.25, 0.3) is 0 Å². The van der Waals surface area contributed by atoms with E-state index in [0.29, 0.717) is 6.42 Å². The summed E-state index contributed by atoms with van der Waals surface area (Å²) in [6.45, 7) is 0. The zero-order valence-electron chi connectivity index (χ0n) is 9.40. The van der Waals surface area contributed by atoms with Gasteiger partial charge in [-0.05, 0) is 39.0 Å². The molecule has 0 aliphatic heterocycles. The summed E-state index contributed by atoms with van der Waals surface area (Å²) in [5.74, 6) is 0. The van der Waals surface area contributed by atoms with Crippen LogP contribution in [0.5, 0.6) is 0 Å². The minimum absolute atomic E-state index is 0.0216. The first-order valence-electron chi connectivity index (χ1n) is 5.54. The Morgan fingerprint density at radius 1 is 0.824 bits per heavy atom. The van der Waals surface area contributed by atoms with Gasteiger partial charge in [-0.3, -0.25) is 4.79 Å². The number of benzene rings is 2. The fraction of sp³-hybridized carbons (Fsp3) is 0.133. The zero-order chi connectivity index (χ0) is 12.1. The van der Waals surface area contributed by atoms with E-state index in [0.717, 1.165) is 12.0 Å². The van der Waals surface area contributed by atoms with E-state index in [9.17, 15) is 4.79 Å². The van der Waals surface area contributed by atoms with Crippen molar-refractivity contribution in [2.45, 2.75) is 12.8 Å². The zero-order valence-corrected chi connectivity index (χ0v) is 11.0. The van der Waals surface area contributed by atoms with Crippen molar-refractivity contribution in [2.24, 2.45) is 0 Å². The van der Waals surface area contributed by atoms with Crippen molar-refractivity contribution >= 4 is 20.6 Å². The number of hydrogen-bond donors (Lipinski definition) is 0. The van der Waals surface area contributed by atoms with E-state index in [2.05, 4.69) is 40.2 Å². The molecule has 0 atom stereocenters. The van der Waals surface area contributed by atoms with Crippen molar-refractivity contribution < 1.29 is 4.79 Å². The molecule has 0 aliphatic rings. The van der Waals surface area contributed by atoms with Crippen LogP contribution in [0, 0.1) is 0 Å². The maximum absolute atomic E-state index is 10.9. The molecule has 0 amide bonds. The Morgan fingerprint density at radius 2 is 1.35 bits per heavy atom. The summed E-state index contributed by atoms with van der Waals surface area (Å²) in [5, 5.41) is 0.